The van der Waals surface area contributed by atoms with Gasteiger partial charge in [-0.25, -0.2) is 15.0 Å². The SMILES string of the molecule is C1=CC2C=C(c3nc(-c4ccccc4)nc(-c4ccccc4)n3)c3oc4c(-n5c6ccccc6c6c7c(ccc65)sc5ccccc57)cccc4c3C2C=C1. The topological polar surface area (TPSA) is 56.7 Å². The third-order valence-electron chi connectivity index (χ3n) is 11.2. The fourth-order valence-corrected chi connectivity index (χ4v) is 9.92. The van der Waals surface area contributed by atoms with Gasteiger partial charge in [-0.1, -0.05) is 140 Å². The number of fused-ring (bicyclic) bond motifs is 12. The van der Waals surface area contributed by atoms with Gasteiger partial charge in [0.2, 0.25) is 0 Å². The lowest BCUT2D eigenvalue weighted by Gasteiger charge is -2.27. The van der Waals surface area contributed by atoms with Gasteiger partial charge in [0, 0.05) is 64.9 Å². The molecule has 0 aliphatic heterocycles. The number of benzene rings is 6. The van der Waals surface area contributed by atoms with Crippen LogP contribution in [-0.4, -0.2) is 19.5 Å². The number of allylic oxidation sites excluding steroid dienone is 5. The van der Waals surface area contributed by atoms with E-state index in [0.29, 0.717) is 17.5 Å². The Hall–Kier alpha value is -6.89. The molecule has 0 N–H and O–H groups in total. The first-order valence-corrected chi connectivity index (χ1v) is 19.4. The summed E-state index contributed by atoms with van der Waals surface area (Å²) in [6.07, 6.45) is 11.2. The van der Waals surface area contributed by atoms with Crippen molar-refractivity contribution < 1.29 is 4.42 Å². The predicted molar refractivity (Wildman–Crippen MR) is 226 cm³/mol. The molecular formula is C49H30N4OS. The van der Waals surface area contributed by atoms with Crippen LogP contribution in [0.25, 0.3) is 87.0 Å². The number of para-hydroxylation sites is 2. The van der Waals surface area contributed by atoms with Gasteiger partial charge in [0.05, 0.1) is 22.3 Å². The molecule has 0 spiro atoms. The molecule has 0 saturated heterocycles. The van der Waals surface area contributed by atoms with Crippen LogP contribution in [0.3, 0.4) is 0 Å². The molecule has 4 heterocycles. The van der Waals surface area contributed by atoms with Crippen LogP contribution in [0.4, 0.5) is 0 Å². The number of nitrogens with zero attached hydrogens (tertiary/aromatic N) is 4. The highest BCUT2D eigenvalue weighted by molar-refractivity contribution is 7.26. The third-order valence-corrected chi connectivity index (χ3v) is 12.3. The van der Waals surface area contributed by atoms with Crippen molar-refractivity contribution in [1.29, 1.82) is 0 Å². The maximum atomic E-state index is 7.25. The zero-order chi connectivity index (χ0) is 36.0. The van der Waals surface area contributed by atoms with Crippen molar-refractivity contribution in [3.8, 4) is 28.5 Å². The maximum Gasteiger partial charge on any atom is 0.167 e. The molecule has 2 aliphatic carbocycles. The lowest BCUT2D eigenvalue weighted by Crippen LogP contribution is -2.16. The molecular weight excluding hydrogens is 693 g/mol. The van der Waals surface area contributed by atoms with E-state index >= 15 is 0 Å². The Morgan fingerprint density at radius 2 is 1.20 bits per heavy atom. The summed E-state index contributed by atoms with van der Waals surface area (Å²) < 4.78 is 12.2. The molecule has 55 heavy (non-hydrogen) atoms. The summed E-state index contributed by atoms with van der Waals surface area (Å²) in [5, 5.41) is 6.20. The zero-order valence-electron chi connectivity index (χ0n) is 29.4. The Morgan fingerprint density at radius 3 is 2.00 bits per heavy atom. The van der Waals surface area contributed by atoms with Gasteiger partial charge in [-0.2, -0.15) is 0 Å². The molecule has 10 aromatic rings. The van der Waals surface area contributed by atoms with Crippen molar-refractivity contribution in [2.24, 2.45) is 5.92 Å². The first kappa shape index (κ1) is 30.6. The molecule has 5 nitrogen and oxygen atoms in total. The summed E-state index contributed by atoms with van der Waals surface area (Å²) >= 11 is 1.86. The number of thiophene rings is 1. The standard InChI is InChI=1S/C49H30N4OS/c1-3-14-29(15-4-1)47-50-48(30-16-5-2-6-17-30)52-49(51-47)36-28-31-18-7-8-19-32(31)42-35-22-13-24-39(45(35)54-46(36)42)53-37-23-11-9-20-33(37)43-38(53)26-27-41-44(43)34-21-10-12-25-40(34)55-41/h1-28,31-32H. The van der Waals surface area contributed by atoms with Crippen LogP contribution >= 0.6 is 11.3 Å². The Kier molecular flexibility index (Phi) is 6.56. The quantitative estimate of drug-likeness (QED) is 0.181. The Morgan fingerprint density at radius 1 is 0.527 bits per heavy atom. The van der Waals surface area contributed by atoms with Crippen molar-refractivity contribution in [1.82, 2.24) is 19.5 Å². The number of aromatic nitrogens is 4. The summed E-state index contributed by atoms with van der Waals surface area (Å²) in [5.41, 5.74) is 8.07. The molecule has 258 valence electrons. The van der Waals surface area contributed by atoms with E-state index in [4.69, 9.17) is 19.4 Å². The van der Waals surface area contributed by atoms with Gasteiger partial charge in [0.25, 0.3) is 0 Å². The molecule has 6 aromatic carbocycles. The Balaban J connectivity index is 1.13. The first-order valence-electron chi connectivity index (χ1n) is 18.6. The van der Waals surface area contributed by atoms with Crippen LogP contribution < -0.4 is 0 Å². The molecule has 2 unspecified atom stereocenters. The van der Waals surface area contributed by atoms with Gasteiger partial charge in [-0.15, -0.1) is 11.3 Å². The van der Waals surface area contributed by atoms with Crippen LogP contribution in [0.15, 0.2) is 174 Å². The lowest BCUT2D eigenvalue weighted by molar-refractivity contribution is 0.570. The summed E-state index contributed by atoms with van der Waals surface area (Å²) in [6, 6.07) is 48.9. The minimum atomic E-state index is 0.110. The van der Waals surface area contributed by atoms with Crippen molar-refractivity contribution in [3.63, 3.8) is 0 Å². The van der Waals surface area contributed by atoms with Gasteiger partial charge in [0.15, 0.2) is 23.1 Å². The Bertz CT molecular complexity index is 3220. The summed E-state index contributed by atoms with van der Waals surface area (Å²) in [7, 11) is 0. The fraction of sp³-hybridized carbons (Fsp3) is 0.0408. The zero-order valence-corrected chi connectivity index (χ0v) is 30.2. The van der Waals surface area contributed by atoms with Crippen LogP contribution in [0.5, 0.6) is 0 Å². The van der Waals surface area contributed by atoms with E-state index in [-0.39, 0.29) is 11.8 Å². The summed E-state index contributed by atoms with van der Waals surface area (Å²) in [6.45, 7) is 0. The van der Waals surface area contributed by atoms with E-state index in [0.717, 1.165) is 55.7 Å². The van der Waals surface area contributed by atoms with Gasteiger partial charge in [0.1, 0.15) is 5.76 Å². The normalized spacial score (nSPS) is 16.3. The molecule has 12 rings (SSSR count). The van der Waals surface area contributed by atoms with Gasteiger partial charge >= 0.3 is 0 Å². The van der Waals surface area contributed by atoms with Crippen LogP contribution in [0.2, 0.25) is 0 Å². The summed E-state index contributed by atoms with van der Waals surface area (Å²) in [5.74, 6) is 2.88. The van der Waals surface area contributed by atoms with E-state index in [1.807, 2.05) is 72.0 Å². The summed E-state index contributed by atoms with van der Waals surface area (Å²) in [4.78, 5) is 15.3. The molecule has 6 heteroatoms. The second kappa shape index (κ2) is 11.8. The molecule has 0 radical (unpaired) electrons. The van der Waals surface area contributed by atoms with Crippen molar-refractivity contribution in [2.75, 3.05) is 0 Å². The van der Waals surface area contributed by atoms with E-state index in [2.05, 4.69) is 114 Å². The number of hydrogen-bond donors (Lipinski definition) is 0. The van der Waals surface area contributed by atoms with Gasteiger partial charge < -0.3 is 8.98 Å². The van der Waals surface area contributed by atoms with Gasteiger partial charge in [-0.3, -0.25) is 0 Å². The second-order valence-corrected chi connectivity index (χ2v) is 15.4. The van der Waals surface area contributed by atoms with Crippen molar-refractivity contribution in [2.45, 2.75) is 5.92 Å². The Labute approximate surface area is 319 Å². The molecule has 0 amide bonds. The van der Waals surface area contributed by atoms with E-state index in [1.54, 1.807) is 0 Å². The largest absolute Gasteiger partial charge is 0.453 e. The molecule has 0 fully saturated rings. The average molecular weight is 723 g/mol. The fourth-order valence-electron chi connectivity index (χ4n) is 8.81. The highest BCUT2D eigenvalue weighted by Crippen LogP contribution is 2.50. The predicted octanol–water partition coefficient (Wildman–Crippen LogP) is 12.7. The first-order chi connectivity index (χ1) is 27.3. The van der Waals surface area contributed by atoms with E-state index in [9.17, 15) is 0 Å². The van der Waals surface area contributed by atoms with Crippen LogP contribution in [0, 0.1) is 5.92 Å². The molecule has 4 aromatic heterocycles. The highest BCUT2D eigenvalue weighted by atomic mass is 32.1. The molecule has 0 bridgehead atoms. The van der Waals surface area contributed by atoms with E-state index < -0.39 is 0 Å². The lowest BCUT2D eigenvalue weighted by atomic mass is 9.76. The van der Waals surface area contributed by atoms with Crippen molar-refractivity contribution >= 4 is 69.9 Å². The molecule has 2 aliphatic rings. The molecule has 0 saturated carbocycles. The third kappa shape index (κ3) is 4.55. The van der Waals surface area contributed by atoms with E-state index in [1.165, 1.54) is 30.9 Å². The number of furan rings is 1. The van der Waals surface area contributed by atoms with Crippen LogP contribution in [0.1, 0.15) is 23.1 Å². The number of hydrogen-bond acceptors (Lipinski definition) is 5. The average Bonchev–Trinajstić information content (AvgIpc) is 3.94. The van der Waals surface area contributed by atoms with Crippen LogP contribution in [-0.2, 0) is 0 Å². The minimum absolute atomic E-state index is 0.110. The maximum absolute atomic E-state index is 7.25. The van der Waals surface area contributed by atoms with Crippen molar-refractivity contribution in [3.05, 3.63) is 187 Å². The highest BCUT2D eigenvalue weighted by Gasteiger charge is 2.36. The monoisotopic (exact) mass is 722 g/mol. The second-order valence-electron chi connectivity index (χ2n) is 14.3. The number of rotatable bonds is 4. The molecule has 2 atom stereocenters. The van der Waals surface area contributed by atoms with Gasteiger partial charge in [-0.05, 0) is 30.3 Å². The smallest absolute Gasteiger partial charge is 0.167 e. The minimum Gasteiger partial charge on any atom is -0.453 e.